The number of hydrogen-bond donors (Lipinski definition) is 1. The Labute approximate surface area is 99.7 Å². The first kappa shape index (κ1) is 13.2. The number of benzene rings is 1. The zero-order valence-electron chi connectivity index (χ0n) is 10.7. The Balaban J connectivity index is 2.14. The van der Waals surface area contributed by atoms with E-state index >= 15 is 0 Å². The van der Waals surface area contributed by atoms with Crippen LogP contribution in [0.4, 0.5) is 0 Å². The van der Waals surface area contributed by atoms with Crippen LogP contribution < -0.4 is 5.32 Å². The van der Waals surface area contributed by atoms with E-state index in [0.29, 0.717) is 6.04 Å². The molecule has 1 rings (SSSR count). The number of rotatable bonds is 7. The largest absolute Gasteiger partial charge is 0.314 e. The second kappa shape index (κ2) is 7.42. The molecule has 0 heterocycles. The van der Waals surface area contributed by atoms with Crippen LogP contribution in [-0.2, 0) is 6.42 Å². The second-order valence-corrected chi connectivity index (χ2v) is 4.70. The maximum atomic E-state index is 3.56. The average Bonchev–Trinajstić information content (AvgIpc) is 2.25. The van der Waals surface area contributed by atoms with Gasteiger partial charge in [-0.2, -0.15) is 0 Å². The van der Waals surface area contributed by atoms with Crippen molar-refractivity contribution in [2.24, 2.45) is 0 Å². The molecule has 0 saturated carbocycles. The van der Waals surface area contributed by atoms with Crippen LogP contribution in [0, 0.1) is 0 Å². The minimum absolute atomic E-state index is 0.560. The zero-order chi connectivity index (χ0) is 11.8. The van der Waals surface area contributed by atoms with Gasteiger partial charge in [-0.1, -0.05) is 30.3 Å². The van der Waals surface area contributed by atoms with Crippen molar-refractivity contribution in [3.63, 3.8) is 0 Å². The lowest BCUT2D eigenvalue weighted by atomic mass is 10.1. The molecule has 0 aliphatic carbocycles. The molecule has 1 N–H and O–H groups in total. The SMILES string of the molecule is CC(Cc1ccccc1)NCCCN(C)C. The highest BCUT2D eigenvalue weighted by molar-refractivity contribution is 5.15. The van der Waals surface area contributed by atoms with E-state index in [1.807, 2.05) is 0 Å². The van der Waals surface area contributed by atoms with Gasteiger partial charge in [0.25, 0.3) is 0 Å². The molecule has 2 heteroatoms. The highest BCUT2D eigenvalue weighted by Gasteiger charge is 2.01. The summed E-state index contributed by atoms with van der Waals surface area (Å²) in [4.78, 5) is 2.23. The lowest BCUT2D eigenvalue weighted by Gasteiger charge is -2.15. The minimum Gasteiger partial charge on any atom is -0.314 e. The van der Waals surface area contributed by atoms with Gasteiger partial charge in [-0.25, -0.2) is 0 Å². The van der Waals surface area contributed by atoms with Crippen molar-refractivity contribution in [3.05, 3.63) is 35.9 Å². The van der Waals surface area contributed by atoms with Gasteiger partial charge in [0, 0.05) is 6.04 Å². The van der Waals surface area contributed by atoms with E-state index in [1.165, 1.54) is 12.0 Å². The summed E-state index contributed by atoms with van der Waals surface area (Å²) in [7, 11) is 4.24. The standard InChI is InChI=1S/C14H24N2/c1-13(15-10-7-11-16(2)3)12-14-8-5-4-6-9-14/h4-6,8-9,13,15H,7,10-12H2,1-3H3. The van der Waals surface area contributed by atoms with Gasteiger partial charge in [-0.15, -0.1) is 0 Å². The van der Waals surface area contributed by atoms with Gasteiger partial charge in [0.2, 0.25) is 0 Å². The molecule has 0 aromatic heterocycles. The Hall–Kier alpha value is -0.860. The van der Waals surface area contributed by atoms with Gasteiger partial charge in [0.05, 0.1) is 0 Å². The fourth-order valence-corrected chi connectivity index (χ4v) is 1.78. The van der Waals surface area contributed by atoms with E-state index < -0.39 is 0 Å². The van der Waals surface area contributed by atoms with Crippen molar-refractivity contribution >= 4 is 0 Å². The third-order valence-electron chi connectivity index (χ3n) is 2.66. The third kappa shape index (κ3) is 5.89. The van der Waals surface area contributed by atoms with Crippen LogP contribution in [0.1, 0.15) is 18.9 Å². The smallest absolute Gasteiger partial charge is 0.00791 e. The average molecular weight is 220 g/mol. The van der Waals surface area contributed by atoms with Crippen LogP contribution >= 0.6 is 0 Å². The molecule has 0 aliphatic rings. The summed E-state index contributed by atoms with van der Waals surface area (Å²) in [6.45, 7) is 4.51. The molecule has 0 spiro atoms. The molecule has 1 atom stereocenters. The van der Waals surface area contributed by atoms with Crippen molar-refractivity contribution in [1.82, 2.24) is 10.2 Å². The second-order valence-electron chi connectivity index (χ2n) is 4.70. The quantitative estimate of drug-likeness (QED) is 0.708. The summed E-state index contributed by atoms with van der Waals surface area (Å²) >= 11 is 0. The fourth-order valence-electron chi connectivity index (χ4n) is 1.78. The molecule has 0 amide bonds. The van der Waals surface area contributed by atoms with Crippen LogP contribution in [0.3, 0.4) is 0 Å². The molecule has 1 aromatic carbocycles. The predicted octanol–water partition coefficient (Wildman–Crippen LogP) is 2.16. The first-order valence-electron chi connectivity index (χ1n) is 6.10. The Morgan fingerprint density at radius 1 is 1.19 bits per heavy atom. The Morgan fingerprint density at radius 3 is 2.50 bits per heavy atom. The van der Waals surface area contributed by atoms with Crippen molar-refractivity contribution in [2.75, 3.05) is 27.2 Å². The zero-order valence-corrected chi connectivity index (χ0v) is 10.7. The van der Waals surface area contributed by atoms with Crippen LogP contribution in [0.25, 0.3) is 0 Å². The van der Waals surface area contributed by atoms with Crippen molar-refractivity contribution < 1.29 is 0 Å². The molecular weight excluding hydrogens is 196 g/mol. The predicted molar refractivity (Wildman–Crippen MR) is 70.8 cm³/mol. The molecule has 0 saturated heterocycles. The lowest BCUT2D eigenvalue weighted by molar-refractivity contribution is 0.388. The first-order chi connectivity index (χ1) is 7.68. The molecule has 2 nitrogen and oxygen atoms in total. The Bertz CT molecular complexity index is 269. The summed E-state index contributed by atoms with van der Waals surface area (Å²) in [6, 6.07) is 11.2. The summed E-state index contributed by atoms with van der Waals surface area (Å²) in [5, 5.41) is 3.56. The highest BCUT2D eigenvalue weighted by Crippen LogP contribution is 2.02. The fraction of sp³-hybridized carbons (Fsp3) is 0.571. The van der Waals surface area contributed by atoms with E-state index in [-0.39, 0.29) is 0 Å². The van der Waals surface area contributed by atoms with Gasteiger partial charge >= 0.3 is 0 Å². The van der Waals surface area contributed by atoms with Crippen molar-refractivity contribution in [3.8, 4) is 0 Å². The lowest BCUT2D eigenvalue weighted by Crippen LogP contribution is -2.30. The molecule has 0 fully saturated rings. The monoisotopic (exact) mass is 220 g/mol. The third-order valence-corrected chi connectivity index (χ3v) is 2.66. The summed E-state index contributed by atoms with van der Waals surface area (Å²) in [6.07, 6.45) is 2.33. The maximum Gasteiger partial charge on any atom is 0.00791 e. The molecule has 1 aromatic rings. The van der Waals surface area contributed by atoms with Gasteiger partial charge in [-0.05, 0) is 52.5 Å². The van der Waals surface area contributed by atoms with E-state index in [2.05, 4.69) is 61.6 Å². The number of nitrogens with zero attached hydrogens (tertiary/aromatic N) is 1. The van der Waals surface area contributed by atoms with E-state index in [9.17, 15) is 0 Å². The van der Waals surface area contributed by atoms with Crippen LogP contribution in [0.15, 0.2) is 30.3 Å². The minimum atomic E-state index is 0.560. The van der Waals surface area contributed by atoms with E-state index in [0.717, 1.165) is 19.5 Å². The molecular formula is C14H24N2. The first-order valence-corrected chi connectivity index (χ1v) is 6.10. The Morgan fingerprint density at radius 2 is 1.88 bits per heavy atom. The summed E-state index contributed by atoms with van der Waals surface area (Å²) < 4.78 is 0. The van der Waals surface area contributed by atoms with Crippen molar-refractivity contribution in [2.45, 2.75) is 25.8 Å². The van der Waals surface area contributed by atoms with Gasteiger partial charge in [-0.3, -0.25) is 0 Å². The number of nitrogens with one attached hydrogen (secondary N) is 1. The van der Waals surface area contributed by atoms with Crippen LogP contribution in [-0.4, -0.2) is 38.1 Å². The molecule has 0 bridgehead atoms. The van der Waals surface area contributed by atoms with E-state index in [4.69, 9.17) is 0 Å². The Kier molecular flexibility index (Phi) is 6.12. The van der Waals surface area contributed by atoms with Crippen LogP contribution in [0.2, 0.25) is 0 Å². The normalized spacial score (nSPS) is 13.0. The summed E-state index contributed by atoms with van der Waals surface area (Å²) in [5.74, 6) is 0. The molecule has 0 radical (unpaired) electrons. The highest BCUT2D eigenvalue weighted by atomic mass is 15.1. The summed E-state index contributed by atoms with van der Waals surface area (Å²) in [5.41, 5.74) is 1.41. The van der Waals surface area contributed by atoms with Gasteiger partial charge in [0.15, 0.2) is 0 Å². The topological polar surface area (TPSA) is 15.3 Å². The molecule has 16 heavy (non-hydrogen) atoms. The van der Waals surface area contributed by atoms with Gasteiger partial charge < -0.3 is 10.2 Å². The van der Waals surface area contributed by atoms with E-state index in [1.54, 1.807) is 0 Å². The number of hydrogen-bond acceptors (Lipinski definition) is 2. The molecule has 0 aliphatic heterocycles. The van der Waals surface area contributed by atoms with Crippen LogP contribution in [0.5, 0.6) is 0 Å². The molecule has 1 unspecified atom stereocenters. The van der Waals surface area contributed by atoms with Gasteiger partial charge in [0.1, 0.15) is 0 Å². The maximum absolute atomic E-state index is 3.56. The molecule has 90 valence electrons. The van der Waals surface area contributed by atoms with Crippen molar-refractivity contribution in [1.29, 1.82) is 0 Å².